The van der Waals surface area contributed by atoms with E-state index in [4.69, 9.17) is 47.6 Å². The Morgan fingerprint density at radius 3 is 2.15 bits per heavy atom. The van der Waals surface area contributed by atoms with Gasteiger partial charge in [-0.15, -0.1) is 0 Å². The number of carbonyl (C=O) groups excluding carboxylic acids is 1. The second kappa shape index (κ2) is 17.9. The second-order valence-electron chi connectivity index (χ2n) is 12.1. The van der Waals surface area contributed by atoms with Crippen LogP contribution in [0.5, 0.6) is 0 Å². The minimum atomic E-state index is -1.66. The van der Waals surface area contributed by atoms with Crippen LogP contribution in [0.25, 0.3) is 0 Å². The van der Waals surface area contributed by atoms with Crippen molar-refractivity contribution in [3.63, 3.8) is 0 Å². The zero-order chi connectivity index (χ0) is 34.3. The number of ether oxygens (including phenoxy) is 4. The third-order valence-corrected chi connectivity index (χ3v) is 8.74. The van der Waals surface area contributed by atoms with E-state index in [1.54, 1.807) is 0 Å². The lowest BCUT2D eigenvalue weighted by Crippen LogP contribution is -2.68. The summed E-state index contributed by atoms with van der Waals surface area (Å²) in [5.41, 5.74) is 29.1. The number of nitrogens with two attached hydrogens (primary N) is 5. The lowest BCUT2D eigenvalue weighted by Gasteiger charge is -2.49. The number of aliphatic hydroxyl groups excluding tert-OH is 7. The minimum absolute atomic E-state index is 0.0278. The summed E-state index contributed by atoms with van der Waals surface area (Å²) in [6.07, 6.45) is -16.7. The number of hydrogen-bond acceptors (Lipinski definition) is 19. The molecule has 2 heterocycles. The predicted molar refractivity (Wildman–Crippen MR) is 156 cm³/mol. The average molecular weight is 672 g/mol. The molecule has 0 aromatic heterocycles. The molecule has 270 valence electrons. The molecule has 3 fully saturated rings. The molecule has 0 radical (unpaired) electrons. The predicted octanol–water partition coefficient (Wildman–Crippen LogP) is -8.13. The highest BCUT2D eigenvalue weighted by Gasteiger charge is 2.52. The molecule has 2 aliphatic heterocycles. The number of nitrogens with zero attached hydrogens (tertiary/aromatic N) is 1. The van der Waals surface area contributed by atoms with Crippen LogP contribution in [0.4, 0.5) is 0 Å². The van der Waals surface area contributed by atoms with Gasteiger partial charge in [-0.3, -0.25) is 10.0 Å². The Bertz CT molecular complexity index is 931. The SMILES string of the molecule is NCCC(O)CN[C@H]1[C@@H](OC2[C@@H](N)C[C@@H](CC(=O)N(O)CCN)[C@H](O[C@H]3O[C@H](CO)[C@@H](O)[C@H](N)[C@H]3O)[C@H]2O)O[C@H](CN)[C@@H](O)[C@@H]1O. The van der Waals surface area contributed by atoms with E-state index in [1.807, 2.05) is 0 Å². The van der Waals surface area contributed by atoms with Crippen molar-refractivity contribution in [3.05, 3.63) is 0 Å². The van der Waals surface area contributed by atoms with Crippen LogP contribution in [-0.2, 0) is 23.7 Å². The monoisotopic (exact) mass is 671 g/mol. The van der Waals surface area contributed by atoms with Crippen LogP contribution in [-0.4, -0.2) is 183 Å². The molecule has 1 amide bonds. The Hall–Kier alpha value is -1.25. The van der Waals surface area contributed by atoms with E-state index in [0.717, 1.165) is 0 Å². The minimum Gasteiger partial charge on any atom is -0.394 e. The summed E-state index contributed by atoms with van der Waals surface area (Å²) in [5, 5.41) is 87.4. The molecule has 3 aliphatic rings. The molecule has 0 bridgehead atoms. The first-order valence-corrected chi connectivity index (χ1v) is 15.4. The highest BCUT2D eigenvalue weighted by Crippen LogP contribution is 2.36. The van der Waals surface area contributed by atoms with Gasteiger partial charge in [0.2, 0.25) is 5.91 Å². The Labute approximate surface area is 266 Å². The number of hydrogen-bond donors (Lipinski definition) is 14. The van der Waals surface area contributed by atoms with Gasteiger partial charge in [0.15, 0.2) is 12.6 Å². The largest absolute Gasteiger partial charge is 0.394 e. The fraction of sp³-hybridized carbons (Fsp3) is 0.962. The van der Waals surface area contributed by atoms with Gasteiger partial charge < -0.3 is 88.7 Å². The fourth-order valence-corrected chi connectivity index (χ4v) is 6.05. The number of carbonyl (C=O) groups is 1. The molecule has 3 rings (SSSR count). The molecule has 1 saturated carbocycles. The van der Waals surface area contributed by atoms with Crippen molar-refractivity contribution in [1.82, 2.24) is 10.4 Å². The smallest absolute Gasteiger partial charge is 0.246 e. The van der Waals surface area contributed by atoms with E-state index in [0.29, 0.717) is 5.06 Å². The van der Waals surface area contributed by atoms with Crippen molar-refractivity contribution in [2.24, 2.45) is 34.6 Å². The van der Waals surface area contributed by atoms with Gasteiger partial charge in [0, 0.05) is 32.1 Å². The number of aliphatic hydroxyl groups is 7. The number of rotatable bonds is 15. The molecule has 16 atom stereocenters. The molecule has 1 aliphatic carbocycles. The summed E-state index contributed by atoms with van der Waals surface area (Å²) in [6.45, 7) is -0.939. The van der Waals surface area contributed by atoms with Crippen molar-refractivity contribution in [1.29, 1.82) is 0 Å². The lowest BCUT2D eigenvalue weighted by atomic mass is 9.77. The normalized spacial score (nSPS) is 42.5. The van der Waals surface area contributed by atoms with Crippen LogP contribution in [0, 0.1) is 5.92 Å². The Balaban J connectivity index is 1.89. The summed E-state index contributed by atoms with van der Waals surface area (Å²) >= 11 is 0. The Morgan fingerprint density at radius 1 is 0.891 bits per heavy atom. The topological polar surface area (TPSA) is 361 Å². The van der Waals surface area contributed by atoms with Crippen LogP contribution in [0.2, 0.25) is 0 Å². The maximum atomic E-state index is 12.8. The van der Waals surface area contributed by atoms with Crippen molar-refractivity contribution >= 4 is 5.91 Å². The molecule has 0 spiro atoms. The van der Waals surface area contributed by atoms with E-state index < -0.39 is 110 Å². The van der Waals surface area contributed by atoms with Gasteiger partial charge in [0.05, 0.1) is 37.4 Å². The van der Waals surface area contributed by atoms with Gasteiger partial charge in [-0.25, -0.2) is 5.06 Å². The van der Waals surface area contributed by atoms with Crippen LogP contribution < -0.4 is 34.0 Å². The summed E-state index contributed by atoms with van der Waals surface area (Å²) in [6, 6.07) is -3.44. The molecule has 46 heavy (non-hydrogen) atoms. The fourth-order valence-electron chi connectivity index (χ4n) is 6.05. The van der Waals surface area contributed by atoms with Crippen molar-refractivity contribution in [2.45, 2.75) is 111 Å². The van der Waals surface area contributed by atoms with Crippen LogP contribution in [0.15, 0.2) is 0 Å². The second-order valence-corrected chi connectivity index (χ2v) is 12.1. The van der Waals surface area contributed by atoms with Gasteiger partial charge in [0.1, 0.15) is 48.8 Å². The molecule has 0 aromatic carbocycles. The summed E-state index contributed by atoms with van der Waals surface area (Å²) in [4.78, 5) is 12.8. The van der Waals surface area contributed by atoms with Gasteiger partial charge in [-0.05, 0) is 25.3 Å². The van der Waals surface area contributed by atoms with Crippen LogP contribution in [0.3, 0.4) is 0 Å². The zero-order valence-corrected chi connectivity index (χ0v) is 25.6. The van der Waals surface area contributed by atoms with E-state index >= 15 is 0 Å². The number of amides is 1. The van der Waals surface area contributed by atoms with E-state index in [2.05, 4.69) is 5.32 Å². The molecule has 2 unspecified atom stereocenters. The average Bonchev–Trinajstić information content (AvgIpc) is 3.02. The first-order valence-electron chi connectivity index (χ1n) is 15.4. The lowest BCUT2D eigenvalue weighted by molar-refractivity contribution is -0.324. The van der Waals surface area contributed by atoms with Crippen LogP contribution in [0.1, 0.15) is 19.3 Å². The number of hydroxylamine groups is 2. The maximum absolute atomic E-state index is 12.8. The van der Waals surface area contributed by atoms with Crippen LogP contribution >= 0.6 is 0 Å². The molecule has 19 N–H and O–H groups in total. The molecular weight excluding hydrogens is 618 g/mol. The van der Waals surface area contributed by atoms with E-state index in [9.17, 15) is 45.7 Å². The van der Waals surface area contributed by atoms with Gasteiger partial charge in [-0.2, -0.15) is 0 Å². The van der Waals surface area contributed by atoms with E-state index in [1.165, 1.54) is 0 Å². The third-order valence-electron chi connectivity index (χ3n) is 8.74. The standard InChI is InChI=1S/C26H53N7O13/c27-2-1-11(35)8-32-17-21(40)19(38)13(7-29)43-25(17)46-24-12(30)5-10(6-15(36)33(42)4-3-28)23(22(24)41)45-26-20(39)16(31)18(37)14(9-34)44-26/h10-14,16-26,32,34-35,37-42H,1-9,27-31H2/t10-,11?,12-,13+,14+,16-,17+,18+,19+,20+,21+,22+,23-,24?,25+,26+/m0/s1. The highest BCUT2D eigenvalue weighted by atomic mass is 16.7. The molecule has 2 saturated heterocycles. The summed E-state index contributed by atoms with van der Waals surface area (Å²) in [7, 11) is 0. The first-order chi connectivity index (χ1) is 21.8. The number of nitrogens with one attached hydrogen (secondary N) is 1. The Kier molecular flexibility index (Phi) is 15.3. The van der Waals surface area contributed by atoms with Crippen molar-refractivity contribution in [2.75, 3.05) is 39.3 Å². The Morgan fingerprint density at radius 2 is 1.54 bits per heavy atom. The quantitative estimate of drug-likeness (QED) is 0.0567. The zero-order valence-electron chi connectivity index (χ0n) is 25.6. The van der Waals surface area contributed by atoms with Gasteiger partial charge in [0.25, 0.3) is 0 Å². The maximum Gasteiger partial charge on any atom is 0.246 e. The molecule has 0 aromatic rings. The van der Waals surface area contributed by atoms with Gasteiger partial charge >= 0.3 is 0 Å². The summed E-state index contributed by atoms with van der Waals surface area (Å²) < 4.78 is 23.5. The molecule has 20 nitrogen and oxygen atoms in total. The van der Waals surface area contributed by atoms with Crippen molar-refractivity contribution < 1.29 is 64.7 Å². The molecule has 20 heteroatoms. The van der Waals surface area contributed by atoms with Crippen molar-refractivity contribution in [3.8, 4) is 0 Å². The van der Waals surface area contributed by atoms with Gasteiger partial charge in [-0.1, -0.05) is 0 Å². The first kappa shape index (κ1) is 39.2. The highest BCUT2D eigenvalue weighted by molar-refractivity contribution is 5.75. The molecular formula is C26H53N7O13. The summed E-state index contributed by atoms with van der Waals surface area (Å²) in [5.74, 6) is -1.65. The van der Waals surface area contributed by atoms with E-state index in [-0.39, 0.29) is 52.0 Å². The third kappa shape index (κ3) is 9.25.